The number of hydrogen-bond acceptors (Lipinski definition) is 6. The van der Waals surface area contributed by atoms with Crippen molar-refractivity contribution >= 4 is 5.95 Å². The second kappa shape index (κ2) is 4.41. The normalized spacial score (nSPS) is 9.93. The second-order valence-electron chi connectivity index (χ2n) is 2.78. The van der Waals surface area contributed by atoms with E-state index in [9.17, 15) is 0 Å². The van der Waals surface area contributed by atoms with Crippen LogP contribution in [0.15, 0.2) is 29.2 Å². The number of nitrogens with zero attached hydrogens (tertiary/aromatic N) is 3. The van der Waals surface area contributed by atoms with E-state index in [2.05, 4.69) is 20.4 Å². The van der Waals surface area contributed by atoms with Crippen molar-refractivity contribution in [1.29, 1.82) is 0 Å². The summed E-state index contributed by atoms with van der Waals surface area (Å²) in [5, 5.41) is 6.57. The monoisotopic (exact) mass is 206 g/mol. The molecule has 0 saturated carbocycles. The smallest absolute Gasteiger partial charge is 0.223 e. The number of ether oxygens (including phenoxy) is 1. The molecule has 78 valence electrons. The first kappa shape index (κ1) is 9.45. The second-order valence-corrected chi connectivity index (χ2v) is 2.78. The fourth-order valence-electron chi connectivity index (χ4n) is 1.01. The molecule has 0 unspecified atom stereocenters. The molecule has 2 aromatic rings. The fourth-order valence-corrected chi connectivity index (χ4v) is 1.01. The van der Waals surface area contributed by atoms with Crippen LogP contribution in [-0.4, -0.2) is 22.2 Å². The summed E-state index contributed by atoms with van der Waals surface area (Å²) in [5.74, 6) is 1.88. The number of nitrogens with one attached hydrogen (secondary N) is 1. The van der Waals surface area contributed by atoms with Crippen molar-refractivity contribution < 1.29 is 9.26 Å². The molecule has 15 heavy (non-hydrogen) atoms. The highest BCUT2D eigenvalue weighted by Gasteiger charge is 1.99. The van der Waals surface area contributed by atoms with E-state index in [1.807, 2.05) is 0 Å². The molecule has 0 radical (unpaired) electrons. The van der Waals surface area contributed by atoms with Crippen molar-refractivity contribution in [2.75, 3.05) is 12.4 Å². The molecule has 0 atom stereocenters. The van der Waals surface area contributed by atoms with E-state index in [4.69, 9.17) is 9.26 Å². The van der Waals surface area contributed by atoms with Crippen LogP contribution in [0.5, 0.6) is 5.75 Å². The molecule has 0 amide bonds. The molecule has 0 spiro atoms. The number of aromatic nitrogens is 3. The van der Waals surface area contributed by atoms with E-state index in [1.165, 1.54) is 0 Å². The maximum atomic E-state index is 4.94. The summed E-state index contributed by atoms with van der Waals surface area (Å²) < 4.78 is 9.85. The number of hydrogen-bond donors (Lipinski definition) is 1. The number of anilines is 1. The zero-order valence-electron chi connectivity index (χ0n) is 8.17. The van der Waals surface area contributed by atoms with E-state index < -0.39 is 0 Å². The van der Waals surface area contributed by atoms with Gasteiger partial charge in [0.15, 0.2) is 11.5 Å². The van der Waals surface area contributed by atoms with Gasteiger partial charge in [0, 0.05) is 6.07 Å². The molecule has 0 aromatic carbocycles. The quantitative estimate of drug-likeness (QED) is 0.807. The fraction of sp³-hybridized carbons (Fsp3) is 0.222. The Morgan fingerprint density at radius 3 is 2.80 bits per heavy atom. The lowest BCUT2D eigenvalue weighted by atomic mass is 10.4. The van der Waals surface area contributed by atoms with Crippen molar-refractivity contribution in [3.05, 3.63) is 30.4 Å². The highest BCUT2D eigenvalue weighted by Crippen LogP contribution is 2.08. The highest BCUT2D eigenvalue weighted by atomic mass is 16.5. The molecule has 2 rings (SSSR count). The molecular weight excluding hydrogens is 196 g/mol. The van der Waals surface area contributed by atoms with Crippen LogP contribution in [0.1, 0.15) is 5.76 Å². The van der Waals surface area contributed by atoms with Crippen LogP contribution >= 0.6 is 0 Å². The molecule has 1 N–H and O–H groups in total. The topological polar surface area (TPSA) is 73.1 Å². The Bertz CT molecular complexity index is 399. The van der Waals surface area contributed by atoms with Crippen LogP contribution in [0.25, 0.3) is 0 Å². The molecule has 0 bridgehead atoms. The zero-order valence-corrected chi connectivity index (χ0v) is 8.17. The van der Waals surface area contributed by atoms with Crippen molar-refractivity contribution in [2.45, 2.75) is 6.54 Å². The van der Waals surface area contributed by atoms with Gasteiger partial charge in [-0.1, -0.05) is 5.16 Å². The van der Waals surface area contributed by atoms with E-state index in [1.54, 1.807) is 31.8 Å². The van der Waals surface area contributed by atoms with Crippen LogP contribution in [-0.2, 0) is 6.54 Å². The van der Waals surface area contributed by atoms with E-state index in [-0.39, 0.29) is 0 Å². The highest BCUT2D eigenvalue weighted by molar-refractivity contribution is 5.27. The third-order valence-corrected chi connectivity index (χ3v) is 1.78. The van der Waals surface area contributed by atoms with Crippen LogP contribution in [0, 0.1) is 0 Å². The third-order valence-electron chi connectivity index (χ3n) is 1.78. The molecule has 0 aliphatic heterocycles. The van der Waals surface area contributed by atoms with Gasteiger partial charge in [0.1, 0.15) is 0 Å². The lowest BCUT2D eigenvalue weighted by Crippen LogP contribution is -2.02. The first-order valence-electron chi connectivity index (χ1n) is 4.38. The Morgan fingerprint density at radius 2 is 2.20 bits per heavy atom. The van der Waals surface area contributed by atoms with Crippen LogP contribution in [0.2, 0.25) is 0 Å². The Hall–Kier alpha value is -2.11. The van der Waals surface area contributed by atoms with Crippen LogP contribution in [0.4, 0.5) is 5.95 Å². The third kappa shape index (κ3) is 2.43. The Kier molecular flexibility index (Phi) is 2.77. The lowest BCUT2D eigenvalue weighted by Gasteiger charge is -2.02. The minimum atomic E-state index is 0.506. The van der Waals surface area contributed by atoms with Gasteiger partial charge in [-0.15, -0.1) is 0 Å². The first-order chi connectivity index (χ1) is 7.38. The van der Waals surface area contributed by atoms with E-state index in [0.29, 0.717) is 18.2 Å². The van der Waals surface area contributed by atoms with Gasteiger partial charge in [-0.3, -0.25) is 0 Å². The summed E-state index contributed by atoms with van der Waals surface area (Å²) in [4.78, 5) is 8.08. The van der Waals surface area contributed by atoms with Crippen LogP contribution < -0.4 is 10.1 Å². The van der Waals surface area contributed by atoms with Crippen molar-refractivity contribution in [2.24, 2.45) is 0 Å². The summed E-state index contributed by atoms with van der Waals surface area (Å²) >= 11 is 0. The average molecular weight is 206 g/mol. The van der Waals surface area contributed by atoms with Gasteiger partial charge >= 0.3 is 0 Å². The molecule has 0 aliphatic rings. The minimum absolute atomic E-state index is 0.506. The molecule has 0 saturated heterocycles. The van der Waals surface area contributed by atoms with Gasteiger partial charge in [0.2, 0.25) is 5.95 Å². The molecule has 2 aromatic heterocycles. The summed E-state index contributed by atoms with van der Waals surface area (Å²) in [6.07, 6.45) is 4.78. The van der Waals surface area contributed by atoms with Gasteiger partial charge < -0.3 is 14.6 Å². The van der Waals surface area contributed by atoms with Crippen molar-refractivity contribution in [1.82, 2.24) is 15.1 Å². The van der Waals surface area contributed by atoms with Crippen LogP contribution in [0.3, 0.4) is 0 Å². The van der Waals surface area contributed by atoms with Gasteiger partial charge in [-0.2, -0.15) is 0 Å². The lowest BCUT2D eigenvalue weighted by molar-refractivity contribution is 0.387. The Labute approximate surface area is 86.3 Å². The average Bonchev–Trinajstić information content (AvgIpc) is 2.80. The Balaban J connectivity index is 1.93. The molecule has 6 heteroatoms. The SMILES string of the molecule is COc1cnc(NCc2ccno2)nc1. The number of methoxy groups -OCH3 is 1. The van der Waals surface area contributed by atoms with E-state index >= 15 is 0 Å². The van der Waals surface area contributed by atoms with Gasteiger partial charge in [0.25, 0.3) is 0 Å². The minimum Gasteiger partial charge on any atom is -0.494 e. The molecule has 0 aliphatic carbocycles. The molecule has 2 heterocycles. The summed E-state index contributed by atoms with van der Waals surface area (Å²) in [7, 11) is 1.57. The summed E-state index contributed by atoms with van der Waals surface area (Å²) in [6.45, 7) is 0.506. The molecule has 6 nitrogen and oxygen atoms in total. The standard InChI is InChI=1S/C9H10N4O2/c1-14-8-5-11-9(12-6-8)10-4-7-2-3-13-15-7/h2-3,5-6H,4H2,1H3,(H,10,11,12). The summed E-state index contributed by atoms with van der Waals surface area (Å²) in [5.41, 5.74) is 0. The predicted octanol–water partition coefficient (Wildman–Crippen LogP) is 1.09. The van der Waals surface area contributed by atoms with Gasteiger partial charge in [-0.25, -0.2) is 9.97 Å². The van der Waals surface area contributed by atoms with Gasteiger partial charge in [-0.05, 0) is 0 Å². The first-order valence-corrected chi connectivity index (χ1v) is 4.38. The maximum absolute atomic E-state index is 4.94. The molecule has 0 fully saturated rings. The van der Waals surface area contributed by atoms with E-state index in [0.717, 1.165) is 5.76 Å². The van der Waals surface area contributed by atoms with Gasteiger partial charge in [0.05, 0.1) is 32.2 Å². The van der Waals surface area contributed by atoms with Crippen molar-refractivity contribution in [3.8, 4) is 5.75 Å². The molecular formula is C9H10N4O2. The zero-order chi connectivity index (χ0) is 10.5. The van der Waals surface area contributed by atoms with Crippen molar-refractivity contribution in [3.63, 3.8) is 0 Å². The predicted molar refractivity (Wildman–Crippen MR) is 52.4 cm³/mol. The summed E-state index contributed by atoms with van der Waals surface area (Å²) in [6, 6.07) is 1.77. The Morgan fingerprint density at radius 1 is 1.40 bits per heavy atom. The number of rotatable bonds is 4. The maximum Gasteiger partial charge on any atom is 0.223 e. The largest absolute Gasteiger partial charge is 0.494 e.